The molecule has 1 heterocycles. The van der Waals surface area contributed by atoms with E-state index in [9.17, 15) is 4.91 Å². The van der Waals surface area contributed by atoms with Crippen molar-refractivity contribution in [3.63, 3.8) is 0 Å². The summed E-state index contributed by atoms with van der Waals surface area (Å²) in [6, 6.07) is 0. The third kappa shape index (κ3) is 2.16. The zero-order chi connectivity index (χ0) is 11.5. The Morgan fingerprint density at radius 2 is 2.38 bits per heavy atom. The predicted molar refractivity (Wildman–Crippen MR) is 61.9 cm³/mol. The standard InChI is InChI=1S/C9H11ClN4O2/c1-11-8-6(13-14-15)4-12-9(7(8)10)16-5-2-3-5/h4-5H,2-3H2,1H3,(H,11,12)(H,13,15). The third-order valence-corrected chi connectivity index (χ3v) is 2.56. The molecule has 0 radical (unpaired) electrons. The number of nitroso groups, excluding NO2 is 1. The van der Waals surface area contributed by atoms with Crippen LogP contribution < -0.4 is 15.5 Å². The second-order valence-corrected chi connectivity index (χ2v) is 3.81. The largest absolute Gasteiger partial charge is 0.473 e. The molecule has 7 heteroatoms. The van der Waals surface area contributed by atoms with Crippen molar-refractivity contribution in [2.45, 2.75) is 18.9 Å². The molecule has 0 spiro atoms. The van der Waals surface area contributed by atoms with Gasteiger partial charge in [-0.1, -0.05) is 11.6 Å². The summed E-state index contributed by atoms with van der Waals surface area (Å²) in [4.78, 5) is 14.2. The van der Waals surface area contributed by atoms with Crippen molar-refractivity contribution in [3.05, 3.63) is 16.1 Å². The molecule has 1 aliphatic carbocycles. The van der Waals surface area contributed by atoms with Gasteiger partial charge in [0, 0.05) is 7.05 Å². The van der Waals surface area contributed by atoms with E-state index in [4.69, 9.17) is 16.3 Å². The van der Waals surface area contributed by atoms with Gasteiger partial charge in [0.05, 0.1) is 17.2 Å². The van der Waals surface area contributed by atoms with Crippen LogP contribution in [-0.2, 0) is 0 Å². The minimum atomic E-state index is 0.220. The monoisotopic (exact) mass is 242 g/mol. The highest BCUT2D eigenvalue weighted by atomic mass is 35.5. The number of hydrogen-bond donors (Lipinski definition) is 2. The Hall–Kier alpha value is -1.56. The van der Waals surface area contributed by atoms with Crippen LogP contribution in [0.15, 0.2) is 11.5 Å². The lowest BCUT2D eigenvalue weighted by Gasteiger charge is -2.12. The number of nitrogens with zero attached hydrogens (tertiary/aromatic N) is 2. The van der Waals surface area contributed by atoms with Gasteiger partial charge in [-0.05, 0) is 12.8 Å². The molecule has 0 unspecified atom stereocenters. The fourth-order valence-electron chi connectivity index (χ4n) is 1.27. The molecule has 6 nitrogen and oxygen atoms in total. The van der Waals surface area contributed by atoms with Crippen LogP contribution in [0, 0.1) is 4.91 Å². The molecule has 2 N–H and O–H groups in total. The number of ether oxygens (including phenoxy) is 1. The van der Waals surface area contributed by atoms with Crippen molar-refractivity contribution in [3.8, 4) is 5.88 Å². The van der Waals surface area contributed by atoms with Crippen molar-refractivity contribution in [2.75, 3.05) is 17.8 Å². The third-order valence-electron chi connectivity index (χ3n) is 2.21. The first kappa shape index (κ1) is 10.9. The first-order chi connectivity index (χ1) is 7.76. The van der Waals surface area contributed by atoms with Crippen molar-refractivity contribution in [1.29, 1.82) is 0 Å². The van der Waals surface area contributed by atoms with Crippen LogP contribution in [-0.4, -0.2) is 18.1 Å². The number of halogens is 1. The van der Waals surface area contributed by atoms with Crippen LogP contribution >= 0.6 is 11.6 Å². The fourth-order valence-corrected chi connectivity index (χ4v) is 1.56. The van der Waals surface area contributed by atoms with Crippen LogP contribution in [0.2, 0.25) is 5.02 Å². The Morgan fingerprint density at radius 1 is 1.62 bits per heavy atom. The average Bonchev–Trinajstić information content (AvgIpc) is 3.07. The zero-order valence-corrected chi connectivity index (χ0v) is 9.41. The van der Waals surface area contributed by atoms with Gasteiger partial charge in [0.25, 0.3) is 0 Å². The van der Waals surface area contributed by atoms with Gasteiger partial charge in [-0.15, -0.1) is 4.91 Å². The summed E-state index contributed by atoms with van der Waals surface area (Å²) >= 11 is 6.09. The first-order valence-electron chi connectivity index (χ1n) is 4.87. The number of aromatic nitrogens is 1. The summed E-state index contributed by atoms with van der Waals surface area (Å²) in [7, 11) is 1.69. The van der Waals surface area contributed by atoms with Crippen LogP contribution in [0.3, 0.4) is 0 Å². The molecule has 0 saturated heterocycles. The van der Waals surface area contributed by atoms with Crippen molar-refractivity contribution in [2.24, 2.45) is 5.29 Å². The van der Waals surface area contributed by atoms with E-state index in [0.29, 0.717) is 22.3 Å². The zero-order valence-electron chi connectivity index (χ0n) is 8.66. The van der Waals surface area contributed by atoms with E-state index in [0.717, 1.165) is 12.8 Å². The van der Waals surface area contributed by atoms with E-state index < -0.39 is 0 Å². The highest BCUT2D eigenvalue weighted by Crippen LogP contribution is 2.38. The smallest absolute Gasteiger partial charge is 0.235 e. The van der Waals surface area contributed by atoms with Gasteiger partial charge in [-0.2, -0.15) is 0 Å². The maximum atomic E-state index is 10.1. The van der Waals surface area contributed by atoms with Crippen molar-refractivity contribution < 1.29 is 4.74 Å². The molecule has 0 aliphatic heterocycles. The Morgan fingerprint density at radius 3 is 2.94 bits per heavy atom. The Kier molecular flexibility index (Phi) is 3.09. The molecule has 0 amide bonds. The molecule has 0 bridgehead atoms. The molecule has 0 aromatic carbocycles. The second-order valence-electron chi connectivity index (χ2n) is 3.44. The maximum Gasteiger partial charge on any atom is 0.235 e. The number of hydrogen-bond acceptors (Lipinski definition) is 5. The van der Waals surface area contributed by atoms with E-state index in [1.54, 1.807) is 7.05 Å². The Labute approximate surface area is 97.3 Å². The van der Waals surface area contributed by atoms with Crippen LogP contribution in [0.1, 0.15) is 12.8 Å². The number of nitrogens with one attached hydrogen (secondary N) is 2. The Bertz CT molecular complexity index is 409. The van der Waals surface area contributed by atoms with Gasteiger partial charge < -0.3 is 10.1 Å². The lowest BCUT2D eigenvalue weighted by molar-refractivity contribution is 0.291. The quantitative estimate of drug-likeness (QED) is 0.613. The SMILES string of the molecule is CNc1c(NN=O)cnc(OC2CC2)c1Cl. The highest BCUT2D eigenvalue weighted by Gasteiger charge is 2.26. The van der Waals surface area contributed by atoms with Gasteiger partial charge >= 0.3 is 0 Å². The van der Waals surface area contributed by atoms with Gasteiger partial charge in [-0.25, -0.2) is 10.4 Å². The molecule has 1 aliphatic rings. The number of anilines is 2. The lowest BCUT2D eigenvalue weighted by atomic mass is 10.3. The molecule has 1 saturated carbocycles. The minimum Gasteiger partial charge on any atom is -0.473 e. The van der Waals surface area contributed by atoms with E-state index in [1.807, 2.05) is 0 Å². The van der Waals surface area contributed by atoms with Gasteiger partial charge in [0.2, 0.25) is 5.88 Å². The number of pyridine rings is 1. The van der Waals surface area contributed by atoms with Crippen LogP contribution in [0.4, 0.5) is 11.4 Å². The van der Waals surface area contributed by atoms with Gasteiger partial charge in [0.15, 0.2) is 0 Å². The second kappa shape index (κ2) is 4.52. The summed E-state index contributed by atoms with van der Waals surface area (Å²) in [5, 5.41) is 5.80. The normalized spacial score (nSPS) is 14.4. The summed E-state index contributed by atoms with van der Waals surface area (Å²) < 4.78 is 5.51. The van der Waals surface area contributed by atoms with E-state index in [-0.39, 0.29) is 6.10 Å². The van der Waals surface area contributed by atoms with Crippen LogP contribution in [0.5, 0.6) is 5.88 Å². The first-order valence-corrected chi connectivity index (χ1v) is 5.25. The van der Waals surface area contributed by atoms with Gasteiger partial charge in [-0.3, -0.25) is 0 Å². The summed E-state index contributed by atoms with van der Waals surface area (Å²) in [6.07, 6.45) is 3.74. The fraction of sp³-hybridized carbons (Fsp3) is 0.444. The summed E-state index contributed by atoms with van der Waals surface area (Å²) in [5.41, 5.74) is 3.24. The molecule has 86 valence electrons. The molecule has 1 fully saturated rings. The topological polar surface area (TPSA) is 75.6 Å². The summed E-state index contributed by atoms with van der Waals surface area (Å²) in [6.45, 7) is 0. The molecule has 1 aromatic heterocycles. The predicted octanol–water partition coefficient (Wildman–Crippen LogP) is 2.41. The average molecular weight is 243 g/mol. The van der Waals surface area contributed by atoms with E-state index >= 15 is 0 Å². The van der Waals surface area contributed by atoms with Gasteiger partial charge in [0.1, 0.15) is 16.8 Å². The lowest BCUT2D eigenvalue weighted by Crippen LogP contribution is -2.03. The Balaban J connectivity index is 2.30. The highest BCUT2D eigenvalue weighted by molar-refractivity contribution is 6.35. The molecule has 2 rings (SSSR count). The van der Waals surface area contributed by atoms with E-state index in [2.05, 4.69) is 21.0 Å². The minimum absolute atomic E-state index is 0.220. The molecular formula is C9H11ClN4O2. The van der Waals surface area contributed by atoms with E-state index in [1.165, 1.54) is 6.20 Å². The van der Waals surface area contributed by atoms with Crippen molar-refractivity contribution >= 4 is 23.0 Å². The maximum absolute atomic E-state index is 10.1. The molecule has 1 aromatic rings. The molecule has 16 heavy (non-hydrogen) atoms. The van der Waals surface area contributed by atoms with Crippen molar-refractivity contribution in [1.82, 2.24) is 4.98 Å². The molecular weight excluding hydrogens is 232 g/mol. The van der Waals surface area contributed by atoms with Crippen LogP contribution in [0.25, 0.3) is 0 Å². The summed E-state index contributed by atoms with van der Waals surface area (Å²) in [5.74, 6) is 0.380. The molecule has 0 atom stereocenters. The number of rotatable bonds is 5.